The van der Waals surface area contributed by atoms with Gasteiger partial charge in [-0.15, -0.1) is 0 Å². The van der Waals surface area contributed by atoms with E-state index in [4.69, 9.17) is 0 Å². The van der Waals surface area contributed by atoms with Crippen molar-refractivity contribution in [3.8, 4) is 0 Å². The van der Waals surface area contributed by atoms with E-state index in [1.54, 1.807) is 12.1 Å². The number of amides is 1. The normalized spacial score (nSPS) is 15.4. The van der Waals surface area contributed by atoms with E-state index in [1.165, 1.54) is 4.31 Å². The number of benzene rings is 3. The van der Waals surface area contributed by atoms with Crippen molar-refractivity contribution in [3.05, 3.63) is 72.3 Å². The Labute approximate surface area is 184 Å². The van der Waals surface area contributed by atoms with Gasteiger partial charge in [0.2, 0.25) is 5.91 Å². The van der Waals surface area contributed by atoms with Gasteiger partial charge in [0.25, 0.3) is 10.0 Å². The molecule has 0 aromatic heterocycles. The molecule has 4 rings (SSSR count). The monoisotopic (exact) mass is 436 g/mol. The summed E-state index contributed by atoms with van der Waals surface area (Å²) in [6.07, 6.45) is 1.59. The predicted octanol–water partition coefficient (Wildman–Crippen LogP) is 5.03. The summed E-state index contributed by atoms with van der Waals surface area (Å²) < 4.78 is 27.5. The molecule has 1 aliphatic rings. The summed E-state index contributed by atoms with van der Waals surface area (Å²) in [5.41, 5.74) is 1.80. The first kappa shape index (κ1) is 21.4. The van der Waals surface area contributed by atoms with Gasteiger partial charge < -0.3 is 5.32 Å². The molecule has 162 valence electrons. The number of rotatable bonds is 8. The maximum Gasteiger partial charge on any atom is 0.265 e. The van der Waals surface area contributed by atoms with Crippen LogP contribution in [0.5, 0.6) is 0 Å². The minimum Gasteiger partial charge on any atom is -0.349 e. The van der Waals surface area contributed by atoms with Crippen molar-refractivity contribution in [2.75, 3.05) is 10.8 Å². The summed E-state index contributed by atoms with van der Waals surface area (Å²) in [5, 5.41) is 4.83. The maximum absolute atomic E-state index is 13.1. The van der Waals surface area contributed by atoms with E-state index in [0.29, 0.717) is 22.9 Å². The highest BCUT2D eigenvalue weighted by Gasteiger charge is 2.35. The molecule has 0 unspecified atom stereocenters. The Morgan fingerprint density at radius 1 is 0.968 bits per heavy atom. The number of hydrogen-bond acceptors (Lipinski definition) is 3. The van der Waals surface area contributed by atoms with Crippen molar-refractivity contribution in [2.24, 2.45) is 5.92 Å². The van der Waals surface area contributed by atoms with Crippen LogP contribution in [0.4, 0.5) is 5.69 Å². The Kier molecular flexibility index (Phi) is 6.01. The molecule has 1 N–H and O–H groups in total. The molecule has 0 bridgehead atoms. The third-order valence-corrected chi connectivity index (χ3v) is 7.55. The van der Waals surface area contributed by atoms with Gasteiger partial charge >= 0.3 is 0 Å². The fraction of sp³-hybridized carbons (Fsp3) is 0.320. The lowest BCUT2D eigenvalue weighted by molar-refractivity contribution is -0.122. The van der Waals surface area contributed by atoms with Crippen molar-refractivity contribution in [1.29, 1.82) is 0 Å². The smallest absolute Gasteiger partial charge is 0.265 e. The average Bonchev–Trinajstić information content (AvgIpc) is 2.97. The van der Waals surface area contributed by atoms with Crippen LogP contribution in [0, 0.1) is 5.92 Å². The van der Waals surface area contributed by atoms with Gasteiger partial charge in [-0.05, 0) is 41.8 Å². The fourth-order valence-corrected chi connectivity index (χ4v) is 6.03. The van der Waals surface area contributed by atoms with Crippen LogP contribution < -0.4 is 9.62 Å². The predicted molar refractivity (Wildman–Crippen MR) is 124 cm³/mol. The van der Waals surface area contributed by atoms with Crippen LogP contribution in [0.2, 0.25) is 0 Å². The van der Waals surface area contributed by atoms with Gasteiger partial charge in [-0.1, -0.05) is 68.4 Å². The first-order valence-electron chi connectivity index (χ1n) is 10.8. The number of carbonyl (C=O) groups excluding carboxylic acids is 1. The molecule has 0 saturated carbocycles. The third kappa shape index (κ3) is 4.30. The number of sulfonamides is 1. The molecule has 3 aromatic rings. The Hall–Kier alpha value is -2.86. The zero-order valence-electron chi connectivity index (χ0n) is 17.9. The van der Waals surface area contributed by atoms with Crippen molar-refractivity contribution in [2.45, 2.75) is 44.0 Å². The summed E-state index contributed by atoms with van der Waals surface area (Å²) in [4.78, 5) is 13.0. The van der Waals surface area contributed by atoms with Crippen molar-refractivity contribution in [1.82, 2.24) is 5.32 Å². The summed E-state index contributed by atoms with van der Waals surface area (Å²) in [6.45, 7) is 4.56. The largest absolute Gasteiger partial charge is 0.349 e. The van der Waals surface area contributed by atoms with E-state index in [2.05, 4.69) is 19.2 Å². The highest BCUT2D eigenvalue weighted by atomic mass is 32.2. The van der Waals surface area contributed by atoms with E-state index in [1.807, 2.05) is 54.6 Å². The van der Waals surface area contributed by atoms with Crippen molar-refractivity contribution >= 4 is 32.4 Å². The van der Waals surface area contributed by atoms with Crippen molar-refractivity contribution < 1.29 is 13.2 Å². The Morgan fingerprint density at radius 3 is 2.39 bits per heavy atom. The molecular weight excluding hydrogens is 408 g/mol. The van der Waals surface area contributed by atoms with E-state index in [0.717, 1.165) is 22.8 Å². The second kappa shape index (κ2) is 8.71. The number of anilines is 1. The molecule has 3 aromatic carbocycles. The second-order valence-electron chi connectivity index (χ2n) is 8.47. The van der Waals surface area contributed by atoms with Gasteiger partial charge in [-0.25, -0.2) is 8.42 Å². The Morgan fingerprint density at radius 2 is 1.68 bits per heavy atom. The molecule has 0 aliphatic carbocycles. The summed E-state index contributed by atoms with van der Waals surface area (Å²) in [5.74, 6) is 0.390. The zero-order chi connectivity index (χ0) is 22.0. The van der Waals surface area contributed by atoms with Crippen LogP contribution in [0.25, 0.3) is 10.8 Å². The Bertz CT molecular complexity index is 1180. The molecule has 1 amide bonds. The van der Waals surface area contributed by atoms with E-state index >= 15 is 0 Å². The number of nitrogens with one attached hydrogen (secondary N) is 1. The molecule has 0 spiro atoms. The van der Waals surface area contributed by atoms with Gasteiger partial charge in [0.05, 0.1) is 16.6 Å². The summed E-state index contributed by atoms with van der Waals surface area (Å²) in [6, 6.07) is 20.9. The molecule has 6 heteroatoms. The van der Waals surface area contributed by atoms with Crippen LogP contribution in [-0.4, -0.2) is 20.9 Å². The lowest BCUT2D eigenvalue weighted by Gasteiger charge is -2.22. The van der Waals surface area contributed by atoms with Crippen LogP contribution in [0.3, 0.4) is 0 Å². The van der Waals surface area contributed by atoms with Gasteiger partial charge in [-0.3, -0.25) is 9.10 Å². The maximum atomic E-state index is 13.1. The first-order valence-corrected chi connectivity index (χ1v) is 12.2. The highest BCUT2D eigenvalue weighted by Crippen LogP contribution is 2.41. The first-order chi connectivity index (χ1) is 14.9. The van der Waals surface area contributed by atoms with Gasteiger partial charge in [-0.2, -0.15) is 0 Å². The molecule has 31 heavy (non-hydrogen) atoms. The molecular formula is C25H28N2O3S. The van der Waals surface area contributed by atoms with E-state index < -0.39 is 10.0 Å². The zero-order valence-corrected chi connectivity index (χ0v) is 18.7. The van der Waals surface area contributed by atoms with Crippen molar-refractivity contribution in [3.63, 3.8) is 0 Å². The average molecular weight is 437 g/mol. The minimum atomic E-state index is -3.58. The van der Waals surface area contributed by atoms with E-state index in [-0.39, 0.29) is 24.9 Å². The fourth-order valence-electron chi connectivity index (χ4n) is 4.28. The van der Waals surface area contributed by atoms with Gasteiger partial charge in [0, 0.05) is 18.4 Å². The standard InChI is InChI=1S/C25H28N2O3S/c1-18(2)17-21(19-9-4-3-5-10-19)26-24(28)15-8-16-27-22-13-6-11-20-12-7-14-23(25(20)22)31(27,29)30/h3-7,9-14,18,21H,8,15-17H2,1-2H3,(H,26,28)/t21-/m0/s1. The van der Waals surface area contributed by atoms with Crippen LogP contribution in [0.1, 0.15) is 44.7 Å². The molecule has 0 fully saturated rings. The molecule has 1 aliphatic heterocycles. The lowest BCUT2D eigenvalue weighted by Crippen LogP contribution is -2.32. The molecule has 1 heterocycles. The third-order valence-electron chi connectivity index (χ3n) is 5.69. The second-order valence-corrected chi connectivity index (χ2v) is 10.3. The highest BCUT2D eigenvalue weighted by molar-refractivity contribution is 7.93. The quantitative estimate of drug-likeness (QED) is 0.538. The SMILES string of the molecule is CC(C)C[C@H](NC(=O)CCCN1c2cccc3cccc(c23)S1(=O)=O)c1ccccc1. The number of carbonyl (C=O) groups is 1. The van der Waals surface area contributed by atoms with Gasteiger partial charge in [0.15, 0.2) is 0 Å². The van der Waals surface area contributed by atoms with Crippen LogP contribution in [0.15, 0.2) is 71.6 Å². The number of nitrogens with zero attached hydrogens (tertiary/aromatic N) is 1. The Balaban J connectivity index is 1.42. The molecule has 0 saturated heterocycles. The summed E-state index contributed by atoms with van der Waals surface area (Å²) in [7, 11) is -3.58. The molecule has 5 nitrogen and oxygen atoms in total. The number of hydrogen-bond donors (Lipinski definition) is 1. The summed E-state index contributed by atoms with van der Waals surface area (Å²) >= 11 is 0. The molecule has 0 radical (unpaired) electrons. The topological polar surface area (TPSA) is 66.5 Å². The van der Waals surface area contributed by atoms with Crippen LogP contribution >= 0.6 is 0 Å². The minimum absolute atomic E-state index is 0.0396. The van der Waals surface area contributed by atoms with Gasteiger partial charge in [0.1, 0.15) is 0 Å². The lowest BCUT2D eigenvalue weighted by atomic mass is 9.97. The van der Waals surface area contributed by atoms with E-state index in [9.17, 15) is 13.2 Å². The molecule has 1 atom stereocenters. The van der Waals surface area contributed by atoms with Crippen LogP contribution in [-0.2, 0) is 14.8 Å².